The molecule has 7 heteroatoms. The summed E-state index contributed by atoms with van der Waals surface area (Å²) in [4.78, 5) is 0. The van der Waals surface area contributed by atoms with E-state index in [0.717, 1.165) is 56.6 Å². The Hall–Kier alpha value is -1.31. The molecule has 25 heavy (non-hydrogen) atoms. The van der Waals surface area contributed by atoms with Gasteiger partial charge in [0.25, 0.3) is 0 Å². The summed E-state index contributed by atoms with van der Waals surface area (Å²) in [5.41, 5.74) is 7.48. The van der Waals surface area contributed by atoms with Gasteiger partial charge in [-0.15, -0.1) is 10.2 Å². The van der Waals surface area contributed by atoms with Crippen LogP contribution in [-0.2, 0) is 15.9 Å². The largest absolute Gasteiger partial charge is 0.349 e. The number of aryl methyl sites for hydroxylation is 1. The van der Waals surface area contributed by atoms with E-state index >= 15 is 0 Å². The summed E-state index contributed by atoms with van der Waals surface area (Å²) in [6, 6.07) is 0.355. The van der Waals surface area contributed by atoms with Gasteiger partial charge in [0.05, 0.1) is 12.2 Å². The second kappa shape index (κ2) is 6.14. The predicted molar refractivity (Wildman–Crippen MR) is 92.1 cm³/mol. The van der Waals surface area contributed by atoms with Crippen LogP contribution in [0.4, 0.5) is 0 Å². The van der Waals surface area contributed by atoms with Crippen LogP contribution in [0.3, 0.4) is 0 Å². The molecule has 5 rings (SSSR count). The smallest absolute Gasteiger partial charge is 0.154 e. The van der Waals surface area contributed by atoms with Crippen molar-refractivity contribution >= 4 is 5.71 Å². The molecule has 2 aliphatic carbocycles. The van der Waals surface area contributed by atoms with Gasteiger partial charge in [0, 0.05) is 24.1 Å². The number of aromatic nitrogens is 3. The number of nitrogens with two attached hydrogens (primary N) is 1. The maximum Gasteiger partial charge on any atom is 0.154 e. The first kappa shape index (κ1) is 15.9. The van der Waals surface area contributed by atoms with E-state index in [9.17, 15) is 0 Å². The highest BCUT2D eigenvalue weighted by Crippen LogP contribution is 2.43. The molecule has 4 unspecified atom stereocenters. The summed E-state index contributed by atoms with van der Waals surface area (Å²) in [6.45, 7) is 2.43. The number of fused-ring (bicyclic) bond motifs is 3. The molecule has 7 nitrogen and oxygen atoms in total. The van der Waals surface area contributed by atoms with Crippen LogP contribution < -0.4 is 5.73 Å². The SMILES string of the molecule is Cc1nnc2n1N=C(C1CCC(N)CC1)C1CC3OCOC3CC1C2. The van der Waals surface area contributed by atoms with E-state index in [1.54, 1.807) is 0 Å². The molecule has 3 fully saturated rings. The Labute approximate surface area is 148 Å². The van der Waals surface area contributed by atoms with Crippen LogP contribution in [0.1, 0.15) is 50.2 Å². The van der Waals surface area contributed by atoms with Crippen LogP contribution in [0.25, 0.3) is 0 Å². The lowest BCUT2D eigenvalue weighted by molar-refractivity contribution is 0.0388. The minimum atomic E-state index is 0.224. The van der Waals surface area contributed by atoms with Gasteiger partial charge in [-0.05, 0) is 57.3 Å². The minimum absolute atomic E-state index is 0.224. The first-order valence-electron chi connectivity index (χ1n) is 9.67. The second-order valence-corrected chi connectivity index (χ2v) is 8.18. The highest BCUT2D eigenvalue weighted by atomic mass is 16.7. The van der Waals surface area contributed by atoms with Gasteiger partial charge in [0.1, 0.15) is 6.79 Å². The summed E-state index contributed by atoms with van der Waals surface area (Å²) in [5.74, 6) is 3.38. The average Bonchev–Trinajstić information content (AvgIpc) is 3.16. The van der Waals surface area contributed by atoms with Gasteiger partial charge < -0.3 is 15.2 Å². The molecule has 2 saturated carbocycles. The summed E-state index contributed by atoms with van der Waals surface area (Å²) in [6.07, 6.45) is 7.93. The molecule has 2 aliphatic heterocycles. The molecule has 1 aromatic rings. The van der Waals surface area contributed by atoms with Gasteiger partial charge in [-0.25, -0.2) is 4.68 Å². The lowest BCUT2D eigenvalue weighted by Crippen LogP contribution is -2.43. The molecular formula is C18H27N5O2. The van der Waals surface area contributed by atoms with Crippen molar-refractivity contribution in [3.63, 3.8) is 0 Å². The lowest BCUT2D eigenvalue weighted by atomic mass is 9.68. The van der Waals surface area contributed by atoms with Crippen molar-refractivity contribution in [2.75, 3.05) is 6.79 Å². The van der Waals surface area contributed by atoms with E-state index in [2.05, 4.69) is 10.2 Å². The average molecular weight is 345 g/mol. The number of nitrogens with zero attached hydrogens (tertiary/aromatic N) is 4. The zero-order valence-electron chi connectivity index (χ0n) is 14.8. The van der Waals surface area contributed by atoms with E-state index in [0.29, 0.717) is 30.6 Å². The Balaban J connectivity index is 1.52. The molecule has 4 atom stereocenters. The fraction of sp³-hybridized carbons (Fsp3) is 0.833. The molecule has 3 heterocycles. The minimum Gasteiger partial charge on any atom is -0.349 e. The highest BCUT2D eigenvalue weighted by molar-refractivity contribution is 5.89. The quantitative estimate of drug-likeness (QED) is 0.836. The topological polar surface area (TPSA) is 87.6 Å². The van der Waals surface area contributed by atoms with Crippen LogP contribution in [0.5, 0.6) is 0 Å². The summed E-state index contributed by atoms with van der Waals surface area (Å²) in [5, 5.41) is 13.8. The van der Waals surface area contributed by atoms with Gasteiger partial charge in [-0.1, -0.05) is 0 Å². The molecule has 0 aromatic carbocycles. The third-order valence-electron chi connectivity index (χ3n) is 6.66. The maximum absolute atomic E-state index is 6.14. The number of ether oxygens (including phenoxy) is 2. The standard InChI is InChI=1S/C18H27N5O2/c1-10-20-21-17-7-12-6-15-16(25-9-24-15)8-14(12)18(22-23(10)17)11-2-4-13(19)5-3-11/h11-16H,2-9,19H2,1H3. The zero-order valence-corrected chi connectivity index (χ0v) is 14.8. The molecule has 1 aromatic heterocycles. The van der Waals surface area contributed by atoms with Crippen molar-refractivity contribution in [1.82, 2.24) is 14.9 Å². The van der Waals surface area contributed by atoms with Crippen molar-refractivity contribution in [3.05, 3.63) is 11.6 Å². The molecule has 136 valence electrons. The molecule has 4 aliphatic rings. The van der Waals surface area contributed by atoms with Gasteiger partial charge in [0.15, 0.2) is 11.6 Å². The Morgan fingerprint density at radius 3 is 2.60 bits per heavy atom. The Morgan fingerprint density at radius 2 is 1.80 bits per heavy atom. The third kappa shape index (κ3) is 2.73. The van der Waals surface area contributed by atoms with Crippen LogP contribution in [0.2, 0.25) is 0 Å². The highest BCUT2D eigenvalue weighted by Gasteiger charge is 2.46. The normalized spacial score (nSPS) is 40.6. The van der Waals surface area contributed by atoms with E-state index in [4.69, 9.17) is 20.3 Å². The molecule has 1 saturated heterocycles. The van der Waals surface area contributed by atoms with E-state index < -0.39 is 0 Å². The Morgan fingerprint density at radius 1 is 1.04 bits per heavy atom. The maximum atomic E-state index is 6.14. The fourth-order valence-electron chi connectivity index (χ4n) is 5.24. The van der Waals surface area contributed by atoms with Gasteiger partial charge in [-0.2, -0.15) is 5.10 Å². The van der Waals surface area contributed by atoms with Gasteiger partial charge in [0.2, 0.25) is 0 Å². The van der Waals surface area contributed by atoms with Crippen LogP contribution >= 0.6 is 0 Å². The summed E-state index contributed by atoms with van der Waals surface area (Å²) in [7, 11) is 0. The Bertz CT molecular complexity index is 679. The molecule has 0 radical (unpaired) electrons. The predicted octanol–water partition coefficient (Wildman–Crippen LogP) is 1.63. The van der Waals surface area contributed by atoms with Crippen molar-refractivity contribution in [1.29, 1.82) is 0 Å². The summed E-state index contributed by atoms with van der Waals surface area (Å²) < 4.78 is 13.6. The molecule has 2 N–H and O–H groups in total. The van der Waals surface area contributed by atoms with E-state index in [-0.39, 0.29) is 12.2 Å². The summed E-state index contributed by atoms with van der Waals surface area (Å²) >= 11 is 0. The van der Waals surface area contributed by atoms with E-state index in [1.165, 1.54) is 5.71 Å². The van der Waals surface area contributed by atoms with Crippen molar-refractivity contribution < 1.29 is 9.47 Å². The molecular weight excluding hydrogens is 318 g/mol. The van der Waals surface area contributed by atoms with Crippen LogP contribution in [0, 0.1) is 24.7 Å². The third-order valence-corrected chi connectivity index (χ3v) is 6.66. The van der Waals surface area contributed by atoms with E-state index in [1.807, 2.05) is 11.6 Å². The molecule has 0 spiro atoms. The second-order valence-electron chi connectivity index (χ2n) is 8.18. The first-order valence-corrected chi connectivity index (χ1v) is 9.67. The first-order chi connectivity index (χ1) is 12.2. The fourth-order valence-corrected chi connectivity index (χ4v) is 5.24. The van der Waals surface area contributed by atoms with Crippen LogP contribution in [0.15, 0.2) is 5.10 Å². The van der Waals surface area contributed by atoms with Crippen molar-refractivity contribution in [2.45, 2.75) is 70.1 Å². The van der Waals surface area contributed by atoms with Gasteiger partial charge >= 0.3 is 0 Å². The van der Waals surface area contributed by atoms with Crippen LogP contribution in [-0.4, -0.2) is 45.6 Å². The molecule has 0 bridgehead atoms. The number of rotatable bonds is 1. The Kier molecular flexibility index (Phi) is 3.91. The zero-order chi connectivity index (χ0) is 17.0. The van der Waals surface area contributed by atoms with Crippen molar-refractivity contribution in [2.24, 2.45) is 28.6 Å². The van der Waals surface area contributed by atoms with Gasteiger partial charge in [-0.3, -0.25) is 0 Å². The van der Waals surface area contributed by atoms with Crippen molar-refractivity contribution in [3.8, 4) is 0 Å². The molecule has 0 amide bonds. The number of hydrogen-bond donors (Lipinski definition) is 1. The monoisotopic (exact) mass is 345 g/mol. The number of hydrogen-bond acceptors (Lipinski definition) is 6. The lowest BCUT2D eigenvalue weighted by Gasteiger charge is -2.39.